The maximum Gasteiger partial charge on any atom is 0.186 e. The second-order valence-corrected chi connectivity index (χ2v) is 11.3. The number of hydrogen-bond acceptors (Lipinski definition) is 21. The van der Waals surface area contributed by atoms with Crippen LogP contribution in [-0.2, 0) is 33.2 Å². The van der Waals surface area contributed by atoms with E-state index in [1.807, 2.05) is 0 Å². The highest BCUT2D eigenvalue weighted by Gasteiger charge is 2.50. The number of hydrogen-bond donors (Lipinski definition) is 14. The van der Waals surface area contributed by atoms with Crippen molar-refractivity contribution in [2.75, 3.05) is 26.4 Å². The summed E-state index contributed by atoms with van der Waals surface area (Å²) in [4.78, 5) is 0. The summed E-state index contributed by atoms with van der Waals surface area (Å²) in [7, 11) is 0. The van der Waals surface area contributed by atoms with E-state index in [1.165, 1.54) is 0 Å². The van der Waals surface area contributed by atoms with Crippen molar-refractivity contribution < 1.29 is 105 Å². The molecular formula is C24H42O21. The molecule has 4 fully saturated rings. The van der Waals surface area contributed by atoms with Crippen molar-refractivity contribution in [3.05, 3.63) is 0 Å². The molecule has 0 aromatic carbocycles. The molecule has 1 unspecified atom stereocenters. The van der Waals surface area contributed by atoms with Gasteiger partial charge in [0.15, 0.2) is 25.2 Å². The fraction of sp³-hybridized carbons (Fsp3) is 1.00. The summed E-state index contributed by atoms with van der Waals surface area (Å²) in [6.07, 6.45) is -34.1. The van der Waals surface area contributed by atoms with Crippen LogP contribution in [0, 0.1) is 0 Å². The highest BCUT2D eigenvalue weighted by molar-refractivity contribution is 4.94. The van der Waals surface area contributed by atoms with E-state index in [4.69, 9.17) is 33.2 Å². The van der Waals surface area contributed by atoms with Crippen LogP contribution in [0.2, 0.25) is 0 Å². The SMILES string of the molecule is OC[C@H]1O[C@@H](OC[C@H]2O[C@@H](OC[C@H]3O[C@@H](OC[C@H]4OC(O)[C@H](O)[C@@H](O)[C@@H]4O)[C@H](O)[C@@H](O)[C@@H]3O)[C@H](O)[C@@H](O)[C@@H]2O)[C@H](O)[C@@H](O)[C@@H]1O. The summed E-state index contributed by atoms with van der Waals surface area (Å²) in [5.74, 6) is 0. The molecule has 0 spiro atoms. The Morgan fingerprint density at radius 1 is 0.333 bits per heavy atom. The van der Waals surface area contributed by atoms with Crippen LogP contribution < -0.4 is 0 Å². The Hall–Kier alpha value is -0.840. The van der Waals surface area contributed by atoms with E-state index < -0.39 is 149 Å². The van der Waals surface area contributed by atoms with Crippen molar-refractivity contribution in [3.8, 4) is 0 Å². The molecule has 4 saturated heterocycles. The van der Waals surface area contributed by atoms with Crippen LogP contribution >= 0.6 is 0 Å². The van der Waals surface area contributed by atoms with E-state index in [9.17, 15) is 71.5 Å². The summed E-state index contributed by atoms with van der Waals surface area (Å²) in [5, 5.41) is 141. The third kappa shape index (κ3) is 7.91. The highest BCUT2D eigenvalue weighted by atomic mass is 16.7. The van der Waals surface area contributed by atoms with Gasteiger partial charge < -0.3 is 105 Å². The molecule has 0 bridgehead atoms. The van der Waals surface area contributed by atoms with Crippen molar-refractivity contribution >= 4 is 0 Å². The first kappa shape index (κ1) is 37.0. The van der Waals surface area contributed by atoms with Gasteiger partial charge >= 0.3 is 0 Å². The van der Waals surface area contributed by atoms with Gasteiger partial charge in [-0.2, -0.15) is 0 Å². The van der Waals surface area contributed by atoms with Gasteiger partial charge in [-0.15, -0.1) is 0 Å². The fourth-order valence-corrected chi connectivity index (χ4v) is 5.23. The molecule has 4 rings (SSSR count). The molecule has 4 aliphatic rings. The lowest BCUT2D eigenvalue weighted by Gasteiger charge is -2.44. The Balaban J connectivity index is 1.33. The molecular weight excluding hydrogens is 624 g/mol. The molecule has 0 aliphatic carbocycles. The molecule has 0 aromatic rings. The average molecular weight is 667 g/mol. The Kier molecular flexibility index (Phi) is 12.8. The van der Waals surface area contributed by atoms with Crippen LogP contribution in [0.15, 0.2) is 0 Å². The molecule has 21 nitrogen and oxygen atoms in total. The minimum absolute atomic E-state index is 0.633. The van der Waals surface area contributed by atoms with Gasteiger partial charge in [0.25, 0.3) is 0 Å². The van der Waals surface area contributed by atoms with E-state index in [-0.39, 0.29) is 0 Å². The molecule has 21 heteroatoms. The zero-order chi connectivity index (χ0) is 33.3. The van der Waals surface area contributed by atoms with Crippen molar-refractivity contribution in [2.45, 2.75) is 123 Å². The normalized spacial score (nSPS) is 52.9. The summed E-state index contributed by atoms with van der Waals surface area (Å²) >= 11 is 0. The lowest BCUT2D eigenvalue weighted by atomic mass is 9.98. The molecule has 45 heavy (non-hydrogen) atoms. The van der Waals surface area contributed by atoms with Gasteiger partial charge in [0.2, 0.25) is 0 Å². The van der Waals surface area contributed by atoms with Crippen molar-refractivity contribution in [1.29, 1.82) is 0 Å². The number of rotatable bonds is 10. The van der Waals surface area contributed by atoms with E-state index in [0.717, 1.165) is 0 Å². The average Bonchev–Trinajstić information content (AvgIpc) is 3.02. The minimum Gasteiger partial charge on any atom is -0.394 e. The first-order chi connectivity index (χ1) is 21.2. The van der Waals surface area contributed by atoms with E-state index in [2.05, 4.69) is 0 Å². The molecule has 14 N–H and O–H groups in total. The van der Waals surface area contributed by atoms with Crippen LogP contribution in [0.4, 0.5) is 0 Å². The smallest absolute Gasteiger partial charge is 0.186 e. The topological polar surface area (TPSA) is 348 Å². The second-order valence-electron chi connectivity index (χ2n) is 11.3. The van der Waals surface area contributed by atoms with Crippen molar-refractivity contribution in [1.82, 2.24) is 0 Å². The molecule has 4 aliphatic heterocycles. The zero-order valence-electron chi connectivity index (χ0n) is 23.5. The van der Waals surface area contributed by atoms with Crippen molar-refractivity contribution in [3.63, 3.8) is 0 Å². The molecule has 264 valence electrons. The Morgan fingerprint density at radius 2 is 0.622 bits per heavy atom. The quantitative estimate of drug-likeness (QED) is 0.103. The standard InChI is InChI=1S/C24H42O21/c25-1-5-9(26)14(31)18(35)22(43-5)40-3-7-11(28)16(33)20(37)24(45-7)41-4-8-12(29)15(32)19(36)23(44-8)39-2-6-10(27)13(30)17(34)21(38)42-6/h5-38H,1-4H2/t5-,6-,7-,8-,9-,10-,11-,12-,13+,14+,15+,16+,17-,18-,19-,20-,21?,22-,23-,24-/m1/s1. The van der Waals surface area contributed by atoms with E-state index in [0.29, 0.717) is 0 Å². The van der Waals surface area contributed by atoms with Crippen molar-refractivity contribution in [2.24, 2.45) is 0 Å². The number of ether oxygens (including phenoxy) is 7. The molecule has 0 radical (unpaired) electrons. The first-order valence-electron chi connectivity index (χ1n) is 14.1. The van der Waals surface area contributed by atoms with Gasteiger partial charge in [-0.1, -0.05) is 0 Å². The predicted molar refractivity (Wildman–Crippen MR) is 134 cm³/mol. The first-order valence-corrected chi connectivity index (χ1v) is 14.1. The van der Waals surface area contributed by atoms with Crippen LogP contribution in [0.25, 0.3) is 0 Å². The lowest BCUT2D eigenvalue weighted by molar-refractivity contribution is -0.346. The maximum absolute atomic E-state index is 10.4. The molecule has 4 heterocycles. The summed E-state index contributed by atoms with van der Waals surface area (Å²) in [6.45, 7) is -2.67. The van der Waals surface area contributed by atoms with Gasteiger partial charge in [-0.25, -0.2) is 0 Å². The minimum atomic E-state index is -1.88. The van der Waals surface area contributed by atoms with Gasteiger partial charge in [-0.05, 0) is 0 Å². The van der Waals surface area contributed by atoms with Gasteiger partial charge in [0.1, 0.15) is 97.7 Å². The van der Waals surface area contributed by atoms with E-state index in [1.54, 1.807) is 0 Å². The number of aliphatic hydroxyl groups is 14. The molecule has 20 atom stereocenters. The van der Waals surface area contributed by atoms with E-state index >= 15 is 0 Å². The van der Waals surface area contributed by atoms with Crippen LogP contribution in [0.1, 0.15) is 0 Å². The Morgan fingerprint density at radius 3 is 0.978 bits per heavy atom. The largest absolute Gasteiger partial charge is 0.394 e. The molecule has 0 aromatic heterocycles. The zero-order valence-corrected chi connectivity index (χ0v) is 23.5. The summed E-state index contributed by atoms with van der Waals surface area (Å²) in [5.41, 5.74) is 0. The fourth-order valence-electron chi connectivity index (χ4n) is 5.23. The lowest BCUT2D eigenvalue weighted by Crippen LogP contribution is -2.63. The van der Waals surface area contributed by atoms with Crippen LogP contribution in [0.3, 0.4) is 0 Å². The summed E-state index contributed by atoms with van der Waals surface area (Å²) in [6, 6.07) is 0. The van der Waals surface area contributed by atoms with Crippen LogP contribution in [-0.4, -0.2) is 221 Å². The number of aliphatic hydroxyl groups excluding tert-OH is 14. The van der Waals surface area contributed by atoms with Crippen LogP contribution in [0.5, 0.6) is 0 Å². The van der Waals surface area contributed by atoms with Gasteiger partial charge in [-0.3, -0.25) is 0 Å². The van der Waals surface area contributed by atoms with Gasteiger partial charge in [0.05, 0.1) is 26.4 Å². The molecule has 0 amide bonds. The summed E-state index contributed by atoms with van der Waals surface area (Å²) < 4.78 is 37.2. The predicted octanol–water partition coefficient (Wildman–Crippen LogP) is -9.75. The van der Waals surface area contributed by atoms with Gasteiger partial charge in [0, 0.05) is 0 Å². The highest BCUT2D eigenvalue weighted by Crippen LogP contribution is 2.29. The third-order valence-corrected chi connectivity index (χ3v) is 8.15. The maximum atomic E-state index is 10.4. The monoisotopic (exact) mass is 666 g/mol. The Bertz CT molecular complexity index is 916. The Labute approximate surface area is 254 Å². The third-order valence-electron chi connectivity index (χ3n) is 8.15. The molecule has 0 saturated carbocycles. The second kappa shape index (κ2) is 15.6.